The maximum atomic E-state index is 5.73. The fourth-order valence-corrected chi connectivity index (χ4v) is 2.18. The smallest absolute Gasteiger partial charge is 0.149 e. The van der Waals surface area contributed by atoms with E-state index in [4.69, 9.17) is 11.6 Å². The molecule has 2 aromatic rings. The molecule has 2 rings (SSSR count). The van der Waals surface area contributed by atoms with E-state index >= 15 is 0 Å². The van der Waals surface area contributed by atoms with E-state index in [2.05, 4.69) is 33.7 Å². The van der Waals surface area contributed by atoms with Crippen LogP contribution in [0.5, 0.6) is 0 Å². The van der Waals surface area contributed by atoms with Crippen molar-refractivity contribution < 1.29 is 0 Å². The van der Waals surface area contributed by atoms with Crippen LogP contribution in [0.25, 0.3) is 0 Å². The number of hydrogen-bond donors (Lipinski definition) is 1. The zero-order valence-corrected chi connectivity index (χ0v) is 9.77. The molecule has 15 heavy (non-hydrogen) atoms. The molecule has 0 spiro atoms. The van der Waals surface area contributed by atoms with Crippen molar-refractivity contribution in [1.29, 1.82) is 0 Å². The van der Waals surface area contributed by atoms with Crippen molar-refractivity contribution >= 4 is 28.8 Å². The normalized spacial score (nSPS) is 10.3. The van der Waals surface area contributed by atoms with Gasteiger partial charge in [-0.2, -0.15) is 0 Å². The van der Waals surface area contributed by atoms with E-state index in [1.807, 2.05) is 0 Å². The molecule has 3 nitrogen and oxygen atoms in total. The molecule has 0 saturated heterocycles. The molecule has 0 aliphatic heterocycles. The van der Waals surface area contributed by atoms with Gasteiger partial charge in [-0.25, -0.2) is 4.98 Å². The van der Waals surface area contributed by atoms with Gasteiger partial charge >= 0.3 is 0 Å². The Morgan fingerprint density at radius 1 is 1.47 bits per heavy atom. The molecular formula is C10H10ClN3S. The van der Waals surface area contributed by atoms with E-state index in [1.54, 1.807) is 17.5 Å². The van der Waals surface area contributed by atoms with Crippen LogP contribution in [0.1, 0.15) is 10.4 Å². The minimum absolute atomic E-state index is 0.405. The minimum Gasteiger partial charge on any atom is -0.364 e. The number of nitrogens with one attached hydrogen (secondary N) is 1. The van der Waals surface area contributed by atoms with Crippen molar-refractivity contribution in [3.8, 4) is 0 Å². The lowest BCUT2D eigenvalue weighted by atomic mass is 10.3. The van der Waals surface area contributed by atoms with Gasteiger partial charge in [0.1, 0.15) is 11.0 Å². The zero-order valence-electron chi connectivity index (χ0n) is 8.20. The number of thiophene rings is 1. The largest absolute Gasteiger partial charge is 0.364 e. The summed E-state index contributed by atoms with van der Waals surface area (Å²) in [6.45, 7) is 2.86. The molecule has 0 bridgehead atoms. The second-order valence-electron chi connectivity index (χ2n) is 3.11. The molecular weight excluding hydrogens is 230 g/mol. The van der Waals surface area contributed by atoms with Crippen molar-refractivity contribution in [2.45, 2.75) is 13.5 Å². The SMILES string of the molecule is Cc1ccsc1CNc1cncc(Cl)n1. The summed E-state index contributed by atoms with van der Waals surface area (Å²) in [7, 11) is 0. The average molecular weight is 240 g/mol. The second kappa shape index (κ2) is 4.59. The summed E-state index contributed by atoms with van der Waals surface area (Å²) in [5.74, 6) is 0.704. The number of anilines is 1. The highest BCUT2D eigenvalue weighted by Crippen LogP contribution is 2.17. The Kier molecular flexibility index (Phi) is 3.18. The summed E-state index contributed by atoms with van der Waals surface area (Å²) >= 11 is 7.46. The van der Waals surface area contributed by atoms with E-state index in [1.165, 1.54) is 16.6 Å². The Balaban J connectivity index is 2.02. The van der Waals surface area contributed by atoms with Gasteiger partial charge in [0.25, 0.3) is 0 Å². The van der Waals surface area contributed by atoms with Crippen LogP contribution in [0.4, 0.5) is 5.82 Å². The van der Waals surface area contributed by atoms with Gasteiger partial charge in [0, 0.05) is 4.88 Å². The standard InChI is InChI=1S/C10H10ClN3S/c1-7-2-3-15-8(7)4-13-10-6-12-5-9(11)14-10/h2-3,5-6H,4H2,1H3,(H,13,14). The molecule has 0 aliphatic rings. The third-order valence-corrected chi connectivity index (χ3v) is 3.21. The molecule has 0 amide bonds. The first-order chi connectivity index (χ1) is 7.25. The number of nitrogens with zero attached hydrogens (tertiary/aromatic N) is 2. The highest BCUT2D eigenvalue weighted by Gasteiger charge is 2.00. The van der Waals surface area contributed by atoms with E-state index in [0.29, 0.717) is 11.0 Å². The molecule has 1 N–H and O–H groups in total. The second-order valence-corrected chi connectivity index (χ2v) is 4.50. The lowest BCUT2D eigenvalue weighted by Gasteiger charge is -2.04. The minimum atomic E-state index is 0.405. The first-order valence-corrected chi connectivity index (χ1v) is 5.76. The van der Waals surface area contributed by atoms with E-state index in [0.717, 1.165) is 6.54 Å². The van der Waals surface area contributed by atoms with Crippen LogP contribution in [0, 0.1) is 6.92 Å². The topological polar surface area (TPSA) is 37.8 Å². The lowest BCUT2D eigenvalue weighted by Crippen LogP contribution is -2.01. The van der Waals surface area contributed by atoms with Crippen molar-refractivity contribution in [3.05, 3.63) is 39.4 Å². The van der Waals surface area contributed by atoms with Crippen LogP contribution in [-0.2, 0) is 6.54 Å². The number of aryl methyl sites for hydroxylation is 1. The van der Waals surface area contributed by atoms with Gasteiger partial charge < -0.3 is 5.32 Å². The summed E-state index contributed by atoms with van der Waals surface area (Å²) in [4.78, 5) is 9.35. The molecule has 2 aromatic heterocycles. The summed E-state index contributed by atoms with van der Waals surface area (Å²) in [5.41, 5.74) is 1.29. The summed E-state index contributed by atoms with van der Waals surface area (Å²) in [6.07, 6.45) is 3.18. The van der Waals surface area contributed by atoms with Gasteiger partial charge in [0.05, 0.1) is 18.9 Å². The third-order valence-electron chi connectivity index (χ3n) is 2.00. The number of rotatable bonds is 3. The maximum Gasteiger partial charge on any atom is 0.149 e. The molecule has 0 unspecified atom stereocenters. The van der Waals surface area contributed by atoms with Crippen LogP contribution in [0.3, 0.4) is 0 Å². The van der Waals surface area contributed by atoms with Gasteiger partial charge in [0.2, 0.25) is 0 Å². The van der Waals surface area contributed by atoms with Gasteiger partial charge in [-0.05, 0) is 23.9 Å². The number of hydrogen-bond acceptors (Lipinski definition) is 4. The van der Waals surface area contributed by atoms with Crippen molar-refractivity contribution in [1.82, 2.24) is 9.97 Å². The Bertz CT molecular complexity index is 455. The number of halogens is 1. The fourth-order valence-electron chi connectivity index (χ4n) is 1.18. The molecule has 0 radical (unpaired) electrons. The molecule has 0 aliphatic carbocycles. The molecule has 2 heterocycles. The van der Waals surface area contributed by atoms with Crippen LogP contribution in [-0.4, -0.2) is 9.97 Å². The molecule has 78 valence electrons. The van der Waals surface area contributed by atoms with Gasteiger partial charge in [0.15, 0.2) is 0 Å². The van der Waals surface area contributed by atoms with Gasteiger partial charge in [-0.1, -0.05) is 11.6 Å². The third kappa shape index (κ3) is 2.67. The van der Waals surface area contributed by atoms with Crippen LogP contribution in [0.2, 0.25) is 5.15 Å². The molecule has 5 heteroatoms. The molecule has 0 atom stereocenters. The highest BCUT2D eigenvalue weighted by molar-refractivity contribution is 7.10. The lowest BCUT2D eigenvalue weighted by molar-refractivity contribution is 1.10. The van der Waals surface area contributed by atoms with Gasteiger partial charge in [-0.3, -0.25) is 4.98 Å². The monoisotopic (exact) mass is 239 g/mol. The predicted molar refractivity (Wildman–Crippen MR) is 63.4 cm³/mol. The average Bonchev–Trinajstić information content (AvgIpc) is 2.61. The zero-order chi connectivity index (χ0) is 10.7. The van der Waals surface area contributed by atoms with E-state index < -0.39 is 0 Å². The van der Waals surface area contributed by atoms with Crippen molar-refractivity contribution in [3.63, 3.8) is 0 Å². The van der Waals surface area contributed by atoms with Crippen LogP contribution in [0.15, 0.2) is 23.8 Å². The highest BCUT2D eigenvalue weighted by atomic mass is 35.5. The first kappa shape index (κ1) is 10.4. The Labute approximate surface area is 97.2 Å². The Hall–Kier alpha value is -1.13. The first-order valence-electron chi connectivity index (χ1n) is 4.50. The molecule has 0 fully saturated rings. The van der Waals surface area contributed by atoms with E-state index in [-0.39, 0.29) is 0 Å². The molecule has 0 saturated carbocycles. The van der Waals surface area contributed by atoms with Gasteiger partial charge in [-0.15, -0.1) is 11.3 Å². The number of aromatic nitrogens is 2. The quantitative estimate of drug-likeness (QED) is 0.895. The molecule has 0 aromatic carbocycles. The maximum absolute atomic E-state index is 5.73. The van der Waals surface area contributed by atoms with Crippen LogP contribution < -0.4 is 5.32 Å². The van der Waals surface area contributed by atoms with E-state index in [9.17, 15) is 0 Å². The Morgan fingerprint density at radius 3 is 3.00 bits per heavy atom. The van der Waals surface area contributed by atoms with Crippen LogP contribution >= 0.6 is 22.9 Å². The predicted octanol–water partition coefficient (Wildman–Crippen LogP) is 3.11. The summed E-state index contributed by atoms with van der Waals surface area (Å²) in [5, 5.41) is 5.67. The summed E-state index contributed by atoms with van der Waals surface area (Å²) < 4.78 is 0. The summed E-state index contributed by atoms with van der Waals surface area (Å²) in [6, 6.07) is 2.10. The van der Waals surface area contributed by atoms with Crippen molar-refractivity contribution in [2.75, 3.05) is 5.32 Å². The van der Waals surface area contributed by atoms with Crippen molar-refractivity contribution in [2.24, 2.45) is 0 Å². The Morgan fingerprint density at radius 2 is 2.33 bits per heavy atom. The fraction of sp³-hybridized carbons (Fsp3) is 0.200.